The van der Waals surface area contributed by atoms with Crippen molar-refractivity contribution in [3.05, 3.63) is 47.2 Å². The van der Waals surface area contributed by atoms with Crippen LogP contribution in [0.4, 0.5) is 11.6 Å². The first-order valence-corrected chi connectivity index (χ1v) is 7.41. The zero-order valence-electron chi connectivity index (χ0n) is 11.7. The molecule has 1 aliphatic rings. The first kappa shape index (κ1) is 14.1. The molecule has 1 aromatic heterocycles. The quantitative estimate of drug-likeness (QED) is 0.939. The van der Waals surface area contributed by atoms with Gasteiger partial charge in [-0.05, 0) is 23.8 Å². The highest BCUT2D eigenvalue weighted by Gasteiger charge is 2.19. The molecule has 0 bridgehead atoms. The van der Waals surface area contributed by atoms with Gasteiger partial charge in [0.15, 0.2) is 0 Å². The summed E-state index contributed by atoms with van der Waals surface area (Å²) in [5.41, 5.74) is 7.77. The summed E-state index contributed by atoms with van der Waals surface area (Å²) >= 11 is 6.24. The summed E-state index contributed by atoms with van der Waals surface area (Å²) in [5.74, 6) is 0.800. The number of aromatic nitrogens is 2. The summed E-state index contributed by atoms with van der Waals surface area (Å²) < 4.78 is 0. The van der Waals surface area contributed by atoms with E-state index in [0.717, 1.165) is 48.4 Å². The third kappa shape index (κ3) is 3.09. The van der Waals surface area contributed by atoms with Crippen LogP contribution in [0.5, 0.6) is 0 Å². The van der Waals surface area contributed by atoms with Gasteiger partial charge in [0.05, 0.1) is 0 Å². The minimum absolute atomic E-state index is 0.470. The second-order valence-corrected chi connectivity index (χ2v) is 5.41. The van der Waals surface area contributed by atoms with E-state index in [-0.39, 0.29) is 0 Å². The Balaban J connectivity index is 1.67. The van der Waals surface area contributed by atoms with E-state index in [2.05, 4.69) is 25.8 Å². The molecule has 1 aliphatic heterocycles. The summed E-state index contributed by atoms with van der Waals surface area (Å²) in [5, 5.41) is 0.740. The Bertz CT molecular complexity index is 596. The van der Waals surface area contributed by atoms with Crippen molar-refractivity contribution in [2.45, 2.75) is 6.54 Å². The summed E-state index contributed by atoms with van der Waals surface area (Å²) in [4.78, 5) is 13.1. The monoisotopic (exact) mass is 303 g/mol. The third-order valence-corrected chi connectivity index (χ3v) is 4.09. The number of anilines is 2. The lowest BCUT2D eigenvalue weighted by atomic mass is 10.2. The highest BCUT2D eigenvalue weighted by Crippen LogP contribution is 2.24. The molecule has 2 aromatic rings. The van der Waals surface area contributed by atoms with Crippen molar-refractivity contribution < 1.29 is 0 Å². The molecule has 1 fully saturated rings. The number of halogens is 1. The highest BCUT2D eigenvalue weighted by atomic mass is 35.5. The first-order valence-electron chi connectivity index (χ1n) is 7.03. The number of hydrogen-bond donors (Lipinski definition) is 1. The molecule has 0 amide bonds. The zero-order chi connectivity index (χ0) is 14.7. The molecule has 0 radical (unpaired) electrons. The Labute approximate surface area is 129 Å². The van der Waals surface area contributed by atoms with Crippen LogP contribution in [-0.4, -0.2) is 36.1 Å². The lowest BCUT2D eigenvalue weighted by Gasteiger charge is -2.36. The summed E-state index contributed by atoms with van der Waals surface area (Å²) in [6, 6.07) is 7.92. The standard InChI is InChI=1S/C15H18ClN5/c16-14-10-13(3-2-12(14)11-17)20-6-8-21(9-7-20)15-18-4-1-5-19-15/h1-5,10H,6-9,11,17H2. The van der Waals surface area contributed by atoms with E-state index in [1.807, 2.05) is 18.2 Å². The van der Waals surface area contributed by atoms with Crippen LogP contribution in [0, 0.1) is 0 Å². The minimum Gasteiger partial charge on any atom is -0.368 e. The molecular formula is C15H18ClN5. The molecule has 3 rings (SSSR count). The third-order valence-electron chi connectivity index (χ3n) is 3.74. The van der Waals surface area contributed by atoms with Crippen molar-refractivity contribution >= 4 is 23.2 Å². The van der Waals surface area contributed by atoms with Gasteiger partial charge in [-0.1, -0.05) is 17.7 Å². The van der Waals surface area contributed by atoms with E-state index in [1.165, 1.54) is 0 Å². The van der Waals surface area contributed by atoms with Gasteiger partial charge in [-0.15, -0.1) is 0 Å². The fourth-order valence-corrected chi connectivity index (χ4v) is 2.77. The molecule has 0 unspecified atom stereocenters. The van der Waals surface area contributed by atoms with Crippen molar-refractivity contribution in [2.75, 3.05) is 36.0 Å². The fraction of sp³-hybridized carbons (Fsp3) is 0.333. The Morgan fingerprint density at radius 2 is 1.71 bits per heavy atom. The van der Waals surface area contributed by atoms with E-state index >= 15 is 0 Å². The molecule has 5 nitrogen and oxygen atoms in total. The second kappa shape index (κ2) is 6.28. The van der Waals surface area contributed by atoms with Crippen molar-refractivity contribution in [1.29, 1.82) is 0 Å². The van der Waals surface area contributed by atoms with E-state index in [0.29, 0.717) is 6.54 Å². The summed E-state index contributed by atoms with van der Waals surface area (Å²) in [6.45, 7) is 4.13. The van der Waals surface area contributed by atoms with Gasteiger partial charge in [-0.25, -0.2) is 9.97 Å². The molecule has 0 saturated carbocycles. The predicted octanol–water partition coefficient (Wildman–Crippen LogP) is 1.92. The smallest absolute Gasteiger partial charge is 0.225 e. The minimum atomic E-state index is 0.470. The Hall–Kier alpha value is -1.85. The average molecular weight is 304 g/mol. The number of piperazine rings is 1. The van der Waals surface area contributed by atoms with Crippen LogP contribution in [0.1, 0.15) is 5.56 Å². The van der Waals surface area contributed by atoms with E-state index in [4.69, 9.17) is 17.3 Å². The molecule has 6 heteroatoms. The number of benzene rings is 1. The molecule has 21 heavy (non-hydrogen) atoms. The van der Waals surface area contributed by atoms with Gasteiger partial charge in [-0.2, -0.15) is 0 Å². The molecule has 1 aromatic carbocycles. The molecule has 110 valence electrons. The van der Waals surface area contributed by atoms with Crippen LogP contribution in [0.15, 0.2) is 36.7 Å². The highest BCUT2D eigenvalue weighted by molar-refractivity contribution is 6.31. The molecule has 2 heterocycles. The maximum atomic E-state index is 6.24. The molecular weight excluding hydrogens is 286 g/mol. The van der Waals surface area contributed by atoms with Crippen LogP contribution >= 0.6 is 11.6 Å². The lowest BCUT2D eigenvalue weighted by molar-refractivity contribution is 0.640. The Morgan fingerprint density at radius 3 is 2.33 bits per heavy atom. The van der Waals surface area contributed by atoms with Crippen LogP contribution in [0.3, 0.4) is 0 Å². The largest absolute Gasteiger partial charge is 0.368 e. The normalized spacial score (nSPS) is 15.3. The predicted molar refractivity (Wildman–Crippen MR) is 85.8 cm³/mol. The topological polar surface area (TPSA) is 58.3 Å². The van der Waals surface area contributed by atoms with Crippen molar-refractivity contribution in [3.8, 4) is 0 Å². The maximum Gasteiger partial charge on any atom is 0.225 e. The number of rotatable bonds is 3. The van der Waals surface area contributed by atoms with Gasteiger partial charge < -0.3 is 15.5 Å². The number of hydrogen-bond acceptors (Lipinski definition) is 5. The van der Waals surface area contributed by atoms with E-state index in [1.54, 1.807) is 12.4 Å². The zero-order valence-corrected chi connectivity index (χ0v) is 12.5. The van der Waals surface area contributed by atoms with Gasteiger partial charge >= 0.3 is 0 Å². The first-order chi connectivity index (χ1) is 10.3. The van der Waals surface area contributed by atoms with Crippen molar-refractivity contribution in [2.24, 2.45) is 5.73 Å². The van der Waals surface area contributed by atoms with Crippen molar-refractivity contribution in [3.63, 3.8) is 0 Å². The second-order valence-electron chi connectivity index (χ2n) is 5.00. The van der Waals surface area contributed by atoms with Crippen LogP contribution in [0.25, 0.3) is 0 Å². The van der Waals surface area contributed by atoms with Crippen LogP contribution < -0.4 is 15.5 Å². The molecule has 0 spiro atoms. The van der Waals surface area contributed by atoms with Gasteiger partial charge in [-0.3, -0.25) is 0 Å². The maximum absolute atomic E-state index is 6.24. The molecule has 0 atom stereocenters. The van der Waals surface area contributed by atoms with Gasteiger partial charge in [0, 0.05) is 55.8 Å². The van der Waals surface area contributed by atoms with Gasteiger partial charge in [0.2, 0.25) is 5.95 Å². The lowest BCUT2D eigenvalue weighted by Crippen LogP contribution is -2.47. The van der Waals surface area contributed by atoms with Crippen LogP contribution in [0.2, 0.25) is 5.02 Å². The molecule has 2 N–H and O–H groups in total. The van der Waals surface area contributed by atoms with Gasteiger partial charge in [0.25, 0.3) is 0 Å². The van der Waals surface area contributed by atoms with Gasteiger partial charge in [0.1, 0.15) is 0 Å². The summed E-state index contributed by atoms with van der Waals surface area (Å²) in [6.07, 6.45) is 3.56. The van der Waals surface area contributed by atoms with E-state index < -0.39 is 0 Å². The Morgan fingerprint density at radius 1 is 1.05 bits per heavy atom. The van der Waals surface area contributed by atoms with Crippen molar-refractivity contribution in [1.82, 2.24) is 9.97 Å². The number of nitrogens with zero attached hydrogens (tertiary/aromatic N) is 4. The van der Waals surface area contributed by atoms with Crippen LogP contribution in [-0.2, 0) is 6.54 Å². The molecule has 1 saturated heterocycles. The fourth-order valence-electron chi connectivity index (χ4n) is 2.52. The van der Waals surface area contributed by atoms with E-state index in [9.17, 15) is 0 Å². The average Bonchev–Trinajstić information content (AvgIpc) is 2.56. The summed E-state index contributed by atoms with van der Waals surface area (Å²) in [7, 11) is 0. The number of nitrogens with two attached hydrogens (primary N) is 1. The SMILES string of the molecule is NCc1ccc(N2CCN(c3ncccn3)CC2)cc1Cl. The Kier molecular flexibility index (Phi) is 4.22. The molecule has 0 aliphatic carbocycles.